The van der Waals surface area contributed by atoms with E-state index in [0.717, 1.165) is 58.7 Å². The summed E-state index contributed by atoms with van der Waals surface area (Å²) >= 11 is 1.50. The SMILES string of the molecule is C[C@@H]1CNCCN1c1cnc(Nc2cc3c(C4CCCC4)c(C(=O)N(C)C)sc3cn2)c(F)c1. The minimum absolute atomic E-state index is 0.0306. The van der Waals surface area contributed by atoms with Gasteiger partial charge in [0.25, 0.3) is 5.91 Å². The number of carbonyl (C=O) groups is 1. The number of fused-ring (bicyclic) bond motifs is 1. The van der Waals surface area contributed by atoms with Crippen LogP contribution in [0, 0.1) is 5.82 Å². The number of thiophene rings is 1. The van der Waals surface area contributed by atoms with Gasteiger partial charge in [0, 0.05) is 57.4 Å². The van der Waals surface area contributed by atoms with Gasteiger partial charge in [0.15, 0.2) is 11.6 Å². The van der Waals surface area contributed by atoms with Crippen LogP contribution in [0.5, 0.6) is 0 Å². The fraction of sp³-hybridized carbons (Fsp3) is 0.480. The Kier molecular flexibility index (Phi) is 6.40. The van der Waals surface area contributed by atoms with Crippen molar-refractivity contribution in [1.29, 1.82) is 0 Å². The van der Waals surface area contributed by atoms with Gasteiger partial charge in [-0.2, -0.15) is 0 Å². The fourth-order valence-electron chi connectivity index (χ4n) is 5.09. The van der Waals surface area contributed by atoms with Crippen molar-refractivity contribution in [1.82, 2.24) is 20.2 Å². The first-order valence-electron chi connectivity index (χ1n) is 12.0. The van der Waals surface area contributed by atoms with E-state index >= 15 is 4.39 Å². The van der Waals surface area contributed by atoms with E-state index in [9.17, 15) is 4.79 Å². The summed E-state index contributed by atoms with van der Waals surface area (Å²) in [5, 5.41) is 7.45. The van der Waals surface area contributed by atoms with Gasteiger partial charge >= 0.3 is 0 Å². The Morgan fingerprint density at radius 1 is 1.24 bits per heavy atom. The molecule has 0 radical (unpaired) electrons. The van der Waals surface area contributed by atoms with Crippen molar-refractivity contribution in [3.05, 3.63) is 40.8 Å². The number of piperazine rings is 1. The first-order valence-corrected chi connectivity index (χ1v) is 12.8. The Balaban J connectivity index is 1.46. The molecule has 1 aliphatic carbocycles. The van der Waals surface area contributed by atoms with E-state index in [-0.39, 0.29) is 17.8 Å². The lowest BCUT2D eigenvalue weighted by molar-refractivity contribution is 0.0831. The minimum atomic E-state index is -0.407. The summed E-state index contributed by atoms with van der Waals surface area (Å²) in [5.41, 5.74) is 1.91. The molecule has 1 saturated heterocycles. The molecule has 1 aliphatic heterocycles. The van der Waals surface area contributed by atoms with E-state index in [1.165, 1.54) is 30.2 Å². The number of nitrogens with one attached hydrogen (secondary N) is 2. The Morgan fingerprint density at radius 3 is 2.74 bits per heavy atom. The summed E-state index contributed by atoms with van der Waals surface area (Å²) < 4.78 is 16.0. The van der Waals surface area contributed by atoms with Gasteiger partial charge in [-0.3, -0.25) is 4.79 Å². The predicted molar refractivity (Wildman–Crippen MR) is 136 cm³/mol. The molecule has 9 heteroatoms. The first kappa shape index (κ1) is 23.0. The molecule has 0 unspecified atom stereocenters. The molecule has 2 fully saturated rings. The molecular weight excluding hydrogens is 451 g/mol. The third-order valence-electron chi connectivity index (χ3n) is 6.88. The molecule has 2 aliphatic rings. The van der Waals surface area contributed by atoms with Crippen LogP contribution in [0.4, 0.5) is 21.7 Å². The van der Waals surface area contributed by atoms with Crippen molar-refractivity contribution >= 4 is 44.7 Å². The number of amides is 1. The van der Waals surface area contributed by atoms with Crippen LogP contribution >= 0.6 is 11.3 Å². The summed E-state index contributed by atoms with van der Waals surface area (Å²) in [6, 6.07) is 3.77. The number of hydrogen-bond acceptors (Lipinski definition) is 7. The standard InChI is InChI=1S/C25H31FN6OS/c1-15-12-27-8-9-32(15)17-10-19(26)24(29-13-17)30-21-11-18-20(14-28-21)34-23(25(33)31(2)3)22(18)16-6-4-5-7-16/h10-11,13-16,27H,4-9,12H2,1-3H3,(H,28,29,30)/t15-/m1/s1. The number of anilines is 3. The molecule has 7 nitrogen and oxygen atoms in total. The van der Waals surface area contributed by atoms with Crippen molar-refractivity contribution in [2.24, 2.45) is 0 Å². The molecule has 180 valence electrons. The fourth-order valence-corrected chi connectivity index (χ4v) is 6.36. The monoisotopic (exact) mass is 482 g/mol. The van der Waals surface area contributed by atoms with E-state index in [0.29, 0.717) is 11.7 Å². The number of rotatable bonds is 5. The van der Waals surface area contributed by atoms with Gasteiger partial charge < -0.3 is 20.4 Å². The van der Waals surface area contributed by atoms with Crippen LogP contribution in [0.15, 0.2) is 24.5 Å². The highest BCUT2D eigenvalue weighted by atomic mass is 32.1. The molecule has 1 saturated carbocycles. The molecular formula is C25H31FN6OS. The molecule has 0 spiro atoms. The van der Waals surface area contributed by atoms with Gasteiger partial charge in [0.1, 0.15) is 5.82 Å². The number of aromatic nitrogens is 2. The molecule has 1 amide bonds. The van der Waals surface area contributed by atoms with Crippen LogP contribution in [-0.2, 0) is 0 Å². The van der Waals surface area contributed by atoms with Crippen LogP contribution in [0.25, 0.3) is 10.1 Å². The van der Waals surface area contributed by atoms with Crippen LogP contribution in [0.2, 0.25) is 0 Å². The van der Waals surface area contributed by atoms with Crippen LogP contribution in [-0.4, -0.2) is 60.5 Å². The summed E-state index contributed by atoms with van der Waals surface area (Å²) in [4.78, 5) is 26.4. The van der Waals surface area contributed by atoms with Crippen molar-refractivity contribution in [2.45, 2.75) is 44.6 Å². The highest BCUT2D eigenvalue weighted by Gasteiger charge is 2.28. The predicted octanol–water partition coefficient (Wildman–Crippen LogP) is 4.73. The minimum Gasteiger partial charge on any atom is -0.365 e. The van der Waals surface area contributed by atoms with Gasteiger partial charge in [0.2, 0.25) is 0 Å². The number of pyridine rings is 2. The Bertz CT molecular complexity index is 1210. The number of carbonyl (C=O) groups excluding carboxylic acids is 1. The van der Waals surface area contributed by atoms with E-state index in [4.69, 9.17) is 0 Å². The van der Waals surface area contributed by atoms with E-state index in [2.05, 4.69) is 32.4 Å². The third-order valence-corrected chi connectivity index (χ3v) is 8.03. The normalized spacial score (nSPS) is 19.1. The summed E-state index contributed by atoms with van der Waals surface area (Å²) in [5.74, 6) is 0.680. The lowest BCUT2D eigenvalue weighted by Crippen LogP contribution is -2.50. The largest absolute Gasteiger partial charge is 0.365 e. The maximum absolute atomic E-state index is 15.0. The maximum Gasteiger partial charge on any atom is 0.263 e. The molecule has 5 rings (SSSR count). The highest BCUT2D eigenvalue weighted by Crippen LogP contribution is 2.44. The maximum atomic E-state index is 15.0. The molecule has 0 aromatic carbocycles. The summed E-state index contributed by atoms with van der Waals surface area (Å²) in [6.07, 6.45) is 8.04. The molecule has 2 N–H and O–H groups in total. The van der Waals surface area contributed by atoms with Crippen LogP contribution in [0.1, 0.15) is 53.8 Å². The second-order valence-electron chi connectivity index (χ2n) is 9.49. The quantitative estimate of drug-likeness (QED) is 0.548. The molecule has 4 heterocycles. The average molecular weight is 483 g/mol. The number of nitrogens with zero attached hydrogens (tertiary/aromatic N) is 4. The third kappa shape index (κ3) is 4.34. The Labute approximate surface area is 203 Å². The lowest BCUT2D eigenvalue weighted by atomic mass is 9.94. The van der Waals surface area contributed by atoms with E-state index in [1.54, 1.807) is 31.4 Å². The second kappa shape index (κ2) is 9.46. The van der Waals surface area contributed by atoms with E-state index < -0.39 is 5.82 Å². The Morgan fingerprint density at radius 2 is 2.03 bits per heavy atom. The zero-order valence-electron chi connectivity index (χ0n) is 19.9. The molecule has 0 bridgehead atoms. The first-order chi connectivity index (χ1) is 16.4. The zero-order chi connectivity index (χ0) is 23.8. The summed E-state index contributed by atoms with van der Waals surface area (Å²) in [7, 11) is 3.57. The van der Waals surface area contributed by atoms with Gasteiger partial charge in [0.05, 0.1) is 21.5 Å². The average Bonchev–Trinajstić information content (AvgIpc) is 3.47. The van der Waals surface area contributed by atoms with Gasteiger partial charge in [-0.05, 0) is 37.3 Å². The van der Waals surface area contributed by atoms with E-state index in [1.807, 2.05) is 6.07 Å². The highest BCUT2D eigenvalue weighted by molar-refractivity contribution is 7.21. The van der Waals surface area contributed by atoms with Crippen molar-refractivity contribution in [3.8, 4) is 0 Å². The van der Waals surface area contributed by atoms with Crippen molar-refractivity contribution < 1.29 is 9.18 Å². The van der Waals surface area contributed by atoms with Gasteiger partial charge in [-0.15, -0.1) is 11.3 Å². The van der Waals surface area contributed by atoms with Crippen molar-refractivity contribution in [3.63, 3.8) is 0 Å². The number of hydrogen-bond donors (Lipinski definition) is 2. The van der Waals surface area contributed by atoms with Crippen LogP contribution in [0.3, 0.4) is 0 Å². The van der Waals surface area contributed by atoms with Crippen LogP contribution < -0.4 is 15.5 Å². The molecule has 34 heavy (non-hydrogen) atoms. The lowest BCUT2D eigenvalue weighted by Gasteiger charge is -2.35. The Hall–Kier alpha value is -2.78. The summed E-state index contributed by atoms with van der Waals surface area (Å²) in [6.45, 7) is 4.68. The second-order valence-corrected chi connectivity index (χ2v) is 10.5. The molecule has 3 aromatic rings. The zero-order valence-corrected chi connectivity index (χ0v) is 20.7. The molecule has 3 aromatic heterocycles. The molecule has 1 atom stereocenters. The smallest absolute Gasteiger partial charge is 0.263 e. The van der Waals surface area contributed by atoms with Crippen molar-refractivity contribution in [2.75, 3.05) is 43.9 Å². The number of halogens is 1. The topological polar surface area (TPSA) is 73.4 Å². The van der Waals surface area contributed by atoms with Gasteiger partial charge in [-0.25, -0.2) is 14.4 Å². The van der Waals surface area contributed by atoms with Gasteiger partial charge in [-0.1, -0.05) is 12.8 Å².